The fourth-order valence-electron chi connectivity index (χ4n) is 3.22. The number of halogens is 5. The first-order chi connectivity index (χ1) is 15.9. The molecule has 174 valence electrons. The van der Waals surface area contributed by atoms with Crippen LogP contribution in [-0.4, -0.2) is 18.4 Å². The minimum absolute atomic E-state index is 0.0116. The molecule has 0 aliphatic carbocycles. The molecule has 0 atom stereocenters. The summed E-state index contributed by atoms with van der Waals surface area (Å²) in [7, 11) is -3.93. The van der Waals surface area contributed by atoms with E-state index < -0.39 is 21.9 Å². The number of rotatable bonds is 4. The van der Waals surface area contributed by atoms with Gasteiger partial charge in [0.25, 0.3) is 0 Å². The van der Waals surface area contributed by atoms with Crippen molar-refractivity contribution in [2.75, 3.05) is 0 Å². The van der Waals surface area contributed by atoms with E-state index in [0.717, 1.165) is 6.07 Å². The van der Waals surface area contributed by atoms with Crippen molar-refractivity contribution < 1.29 is 21.6 Å². The number of hydrogen-bond donors (Lipinski definition) is 1. The van der Waals surface area contributed by atoms with Crippen molar-refractivity contribution in [2.24, 2.45) is 5.14 Å². The molecule has 0 saturated carbocycles. The van der Waals surface area contributed by atoms with Crippen LogP contribution in [0.2, 0.25) is 10.0 Å². The van der Waals surface area contributed by atoms with Gasteiger partial charge in [0.1, 0.15) is 5.69 Å². The first-order valence-corrected chi connectivity index (χ1v) is 11.9. The van der Waals surface area contributed by atoms with E-state index in [4.69, 9.17) is 28.3 Å². The van der Waals surface area contributed by atoms with E-state index in [-0.39, 0.29) is 26.5 Å². The molecule has 11 heteroatoms. The van der Waals surface area contributed by atoms with E-state index in [1.165, 1.54) is 36.4 Å². The Morgan fingerprint density at radius 2 is 1.38 bits per heavy atom. The summed E-state index contributed by atoms with van der Waals surface area (Å²) in [4.78, 5) is 7.95. The van der Waals surface area contributed by atoms with Crippen LogP contribution in [0.25, 0.3) is 33.8 Å². The van der Waals surface area contributed by atoms with Crippen molar-refractivity contribution in [2.45, 2.75) is 11.1 Å². The van der Waals surface area contributed by atoms with E-state index in [9.17, 15) is 21.6 Å². The van der Waals surface area contributed by atoms with Gasteiger partial charge in [-0.15, -0.1) is 0 Å². The normalized spacial score (nSPS) is 12.1. The van der Waals surface area contributed by atoms with Gasteiger partial charge in [0.15, 0.2) is 5.82 Å². The second kappa shape index (κ2) is 8.99. The Balaban J connectivity index is 1.86. The average Bonchev–Trinajstić information content (AvgIpc) is 2.79. The monoisotopic (exact) mass is 523 g/mol. The van der Waals surface area contributed by atoms with Gasteiger partial charge in [-0.25, -0.2) is 23.5 Å². The molecular formula is C23H14Cl2F3N3O2S. The van der Waals surface area contributed by atoms with Crippen LogP contribution in [0.4, 0.5) is 13.2 Å². The number of nitrogens with zero attached hydrogens (tertiary/aromatic N) is 2. The van der Waals surface area contributed by atoms with Crippen molar-refractivity contribution in [3.63, 3.8) is 0 Å². The third-order valence-electron chi connectivity index (χ3n) is 4.85. The number of benzene rings is 3. The molecule has 0 spiro atoms. The van der Waals surface area contributed by atoms with Crippen LogP contribution in [0.15, 0.2) is 77.7 Å². The smallest absolute Gasteiger partial charge is 0.228 e. The molecule has 0 aliphatic rings. The van der Waals surface area contributed by atoms with Crippen LogP contribution in [0.1, 0.15) is 5.69 Å². The summed E-state index contributed by atoms with van der Waals surface area (Å²) in [6.07, 6.45) is -4.72. The molecule has 0 radical (unpaired) electrons. The molecule has 2 N–H and O–H groups in total. The molecule has 4 rings (SSSR count). The summed E-state index contributed by atoms with van der Waals surface area (Å²) < 4.78 is 64.2. The maximum atomic E-state index is 13.6. The van der Waals surface area contributed by atoms with Crippen molar-refractivity contribution in [1.82, 2.24) is 9.97 Å². The Kier molecular flexibility index (Phi) is 6.39. The van der Waals surface area contributed by atoms with Gasteiger partial charge in [-0.3, -0.25) is 0 Å². The zero-order valence-corrected chi connectivity index (χ0v) is 19.3. The molecule has 0 saturated heterocycles. The van der Waals surface area contributed by atoms with E-state index >= 15 is 0 Å². The summed E-state index contributed by atoms with van der Waals surface area (Å²) in [5, 5.41) is 5.63. The highest BCUT2D eigenvalue weighted by molar-refractivity contribution is 7.89. The average molecular weight is 524 g/mol. The molecular weight excluding hydrogens is 510 g/mol. The molecule has 0 fully saturated rings. The molecule has 0 bridgehead atoms. The number of aromatic nitrogens is 2. The summed E-state index contributed by atoms with van der Waals surface area (Å²) in [6.45, 7) is 0. The Hall–Kier alpha value is -2.98. The van der Waals surface area contributed by atoms with Crippen LogP contribution >= 0.6 is 23.2 Å². The molecule has 1 aromatic heterocycles. The second-order valence-corrected chi connectivity index (χ2v) is 9.62. The van der Waals surface area contributed by atoms with Crippen molar-refractivity contribution in [1.29, 1.82) is 0 Å². The fourth-order valence-corrected chi connectivity index (χ4v) is 4.07. The zero-order valence-electron chi connectivity index (χ0n) is 17.0. The maximum absolute atomic E-state index is 13.6. The highest BCUT2D eigenvalue weighted by Gasteiger charge is 2.34. The largest absolute Gasteiger partial charge is 0.433 e. The minimum Gasteiger partial charge on any atom is -0.228 e. The van der Waals surface area contributed by atoms with Gasteiger partial charge < -0.3 is 0 Å². The molecule has 0 amide bonds. The van der Waals surface area contributed by atoms with E-state index in [2.05, 4.69) is 9.97 Å². The molecule has 0 unspecified atom stereocenters. The summed E-state index contributed by atoms with van der Waals surface area (Å²) in [5.74, 6) is -0.166. The van der Waals surface area contributed by atoms with Gasteiger partial charge >= 0.3 is 6.18 Å². The van der Waals surface area contributed by atoms with Crippen LogP contribution in [0, 0.1) is 0 Å². The lowest BCUT2D eigenvalue weighted by atomic mass is 10.0. The number of primary sulfonamides is 1. The Bertz CT molecular complexity index is 1510. The van der Waals surface area contributed by atoms with Crippen LogP contribution < -0.4 is 5.14 Å². The number of nitrogens with two attached hydrogens (primary N) is 1. The first kappa shape index (κ1) is 24.2. The standard InChI is InChI=1S/C23H14Cl2F3N3O2S/c24-18-8-7-15(11-19(18)25)20-12-21(23(26,27)28)31-22(30-20)16-5-1-3-13(9-16)14-4-2-6-17(10-14)34(29,32)33/h1-12H,(H2,29,32,33). The SMILES string of the molecule is NS(=O)(=O)c1cccc(-c2cccc(-c3nc(-c4ccc(Cl)c(Cl)c4)cc(C(F)(F)F)n3)c2)c1. The quantitative estimate of drug-likeness (QED) is 0.333. The van der Waals surface area contributed by atoms with E-state index in [1.807, 2.05) is 0 Å². The minimum atomic E-state index is -4.72. The topological polar surface area (TPSA) is 85.9 Å². The van der Waals surface area contributed by atoms with E-state index in [0.29, 0.717) is 22.3 Å². The third-order valence-corrected chi connectivity index (χ3v) is 6.50. The Morgan fingerprint density at radius 3 is 2.03 bits per heavy atom. The summed E-state index contributed by atoms with van der Waals surface area (Å²) in [6, 6.07) is 17.5. The van der Waals surface area contributed by atoms with Gasteiger partial charge in [0.2, 0.25) is 10.0 Å². The molecule has 3 aromatic carbocycles. The van der Waals surface area contributed by atoms with Gasteiger partial charge in [-0.2, -0.15) is 13.2 Å². The lowest BCUT2D eigenvalue weighted by Crippen LogP contribution is -2.11. The lowest BCUT2D eigenvalue weighted by Gasteiger charge is -2.12. The van der Waals surface area contributed by atoms with E-state index in [1.54, 1.807) is 30.3 Å². The highest BCUT2D eigenvalue weighted by Crippen LogP contribution is 2.35. The first-order valence-electron chi connectivity index (χ1n) is 9.57. The van der Waals surface area contributed by atoms with Gasteiger partial charge in [-0.05, 0) is 47.5 Å². The predicted octanol–water partition coefficient (Wildman–Crippen LogP) is 6.45. The zero-order chi connectivity index (χ0) is 24.7. The third kappa shape index (κ3) is 5.23. The summed E-state index contributed by atoms with van der Waals surface area (Å²) >= 11 is 12.0. The molecule has 1 heterocycles. The Labute approximate surface area is 203 Å². The van der Waals surface area contributed by atoms with Crippen LogP contribution in [-0.2, 0) is 16.2 Å². The van der Waals surface area contributed by atoms with Crippen LogP contribution in [0.5, 0.6) is 0 Å². The molecule has 4 aromatic rings. The van der Waals surface area contributed by atoms with Gasteiger partial charge in [0.05, 0.1) is 20.6 Å². The molecule has 34 heavy (non-hydrogen) atoms. The number of hydrogen-bond acceptors (Lipinski definition) is 4. The molecule has 0 aliphatic heterocycles. The fraction of sp³-hybridized carbons (Fsp3) is 0.0435. The lowest BCUT2D eigenvalue weighted by molar-refractivity contribution is -0.141. The van der Waals surface area contributed by atoms with Crippen molar-refractivity contribution in [3.05, 3.63) is 88.5 Å². The summed E-state index contributed by atoms with van der Waals surface area (Å²) in [5.41, 5.74) is 0.564. The maximum Gasteiger partial charge on any atom is 0.433 e. The van der Waals surface area contributed by atoms with Gasteiger partial charge in [0, 0.05) is 11.1 Å². The number of sulfonamides is 1. The Morgan fingerprint density at radius 1 is 0.735 bits per heavy atom. The van der Waals surface area contributed by atoms with Crippen LogP contribution in [0.3, 0.4) is 0 Å². The number of alkyl halides is 3. The predicted molar refractivity (Wildman–Crippen MR) is 125 cm³/mol. The highest BCUT2D eigenvalue weighted by atomic mass is 35.5. The van der Waals surface area contributed by atoms with Crippen molar-refractivity contribution >= 4 is 33.2 Å². The van der Waals surface area contributed by atoms with Gasteiger partial charge in [-0.1, -0.05) is 59.6 Å². The van der Waals surface area contributed by atoms with Crippen molar-refractivity contribution in [3.8, 4) is 33.8 Å². The second-order valence-electron chi connectivity index (χ2n) is 7.24. The molecule has 5 nitrogen and oxygen atoms in total.